The van der Waals surface area contributed by atoms with Crippen LogP contribution >= 0.6 is 23.2 Å². The summed E-state index contributed by atoms with van der Waals surface area (Å²) in [5.74, 6) is 0. The van der Waals surface area contributed by atoms with Gasteiger partial charge in [0.05, 0.1) is 5.69 Å². The maximum atomic E-state index is 5.35. The first-order valence-corrected chi connectivity index (χ1v) is 3.07. The van der Waals surface area contributed by atoms with Crippen molar-refractivity contribution < 1.29 is 0 Å². The number of hydrogen-bond donors (Lipinski definition) is 1. The van der Waals surface area contributed by atoms with Crippen molar-refractivity contribution in [3.05, 3.63) is 22.4 Å². The van der Waals surface area contributed by atoms with E-state index >= 15 is 0 Å². The van der Waals surface area contributed by atoms with Crippen LogP contribution in [-0.4, -0.2) is 10.2 Å². The van der Waals surface area contributed by atoms with Crippen LogP contribution in [0.2, 0.25) is 0 Å². The molecule has 0 aliphatic heterocycles. The average molecular weight is 163 g/mol. The fraction of sp³-hybridized carbons (Fsp3) is 0. The molecule has 48 valence electrons. The summed E-state index contributed by atoms with van der Waals surface area (Å²) in [5.41, 5.74) is 0.801. The van der Waals surface area contributed by atoms with E-state index < -0.39 is 0 Å². The lowest BCUT2D eigenvalue weighted by Crippen LogP contribution is -1.69. The minimum atomic E-state index is 0.222. The number of nitrogens with zero attached hydrogens (tertiary/aromatic N) is 1. The number of halogens is 2. The molecule has 0 saturated carbocycles. The molecular formula is C5H4Cl2N2. The lowest BCUT2D eigenvalue weighted by atomic mass is 10.4. The Labute approximate surface area is 62.5 Å². The molecule has 0 bridgehead atoms. The van der Waals surface area contributed by atoms with Crippen molar-refractivity contribution in [1.29, 1.82) is 0 Å². The van der Waals surface area contributed by atoms with E-state index in [0.29, 0.717) is 0 Å². The summed E-state index contributed by atoms with van der Waals surface area (Å²) in [5, 5.41) is 6.36. The lowest BCUT2D eigenvalue weighted by molar-refractivity contribution is 1.08. The van der Waals surface area contributed by atoms with E-state index in [1.807, 2.05) is 0 Å². The second-order valence-electron chi connectivity index (χ2n) is 1.45. The highest BCUT2D eigenvalue weighted by Gasteiger charge is 1.87. The Morgan fingerprint density at radius 1 is 1.67 bits per heavy atom. The first-order valence-electron chi connectivity index (χ1n) is 2.31. The number of aromatic nitrogens is 2. The van der Waals surface area contributed by atoms with Crippen LogP contribution in [0.3, 0.4) is 0 Å². The second kappa shape index (κ2) is 2.90. The van der Waals surface area contributed by atoms with Gasteiger partial charge in [0.25, 0.3) is 0 Å². The summed E-state index contributed by atoms with van der Waals surface area (Å²) in [6.45, 7) is 0. The van der Waals surface area contributed by atoms with Gasteiger partial charge in [-0.1, -0.05) is 23.2 Å². The van der Waals surface area contributed by atoms with Gasteiger partial charge in [-0.2, -0.15) is 5.10 Å². The van der Waals surface area contributed by atoms with Gasteiger partial charge in [-0.3, -0.25) is 5.10 Å². The summed E-state index contributed by atoms with van der Waals surface area (Å²) in [4.78, 5) is 0. The summed E-state index contributed by atoms with van der Waals surface area (Å²) in [7, 11) is 0. The monoisotopic (exact) mass is 162 g/mol. The van der Waals surface area contributed by atoms with Crippen molar-refractivity contribution >= 4 is 29.3 Å². The predicted molar refractivity (Wildman–Crippen MR) is 38.3 cm³/mol. The summed E-state index contributed by atoms with van der Waals surface area (Å²) in [6, 6.07) is 1.77. The number of rotatable bonds is 1. The molecule has 0 atom stereocenters. The van der Waals surface area contributed by atoms with Crippen LogP contribution in [0.25, 0.3) is 6.08 Å². The lowest BCUT2D eigenvalue weighted by Gasteiger charge is -1.80. The molecule has 0 aromatic carbocycles. The Balaban J connectivity index is 2.80. The van der Waals surface area contributed by atoms with Crippen molar-refractivity contribution in [2.24, 2.45) is 0 Å². The topological polar surface area (TPSA) is 28.7 Å². The van der Waals surface area contributed by atoms with Crippen LogP contribution in [0.5, 0.6) is 0 Å². The summed E-state index contributed by atoms with van der Waals surface area (Å²) >= 11 is 10.7. The third-order valence-electron chi connectivity index (χ3n) is 0.787. The molecular weight excluding hydrogens is 159 g/mol. The number of hydrogen-bond acceptors (Lipinski definition) is 1. The first kappa shape index (κ1) is 6.65. The number of aromatic amines is 1. The van der Waals surface area contributed by atoms with Crippen molar-refractivity contribution in [3.8, 4) is 0 Å². The Kier molecular flexibility index (Phi) is 2.14. The fourth-order valence-corrected chi connectivity index (χ4v) is 0.700. The van der Waals surface area contributed by atoms with Crippen LogP contribution in [0.1, 0.15) is 5.69 Å². The molecule has 1 heterocycles. The van der Waals surface area contributed by atoms with E-state index in [2.05, 4.69) is 10.2 Å². The Morgan fingerprint density at radius 3 is 2.89 bits per heavy atom. The molecule has 1 rings (SSSR count). The predicted octanol–water partition coefficient (Wildman–Crippen LogP) is 2.19. The van der Waals surface area contributed by atoms with E-state index in [9.17, 15) is 0 Å². The summed E-state index contributed by atoms with van der Waals surface area (Å²) < 4.78 is 0.222. The number of H-pyrrole nitrogens is 1. The van der Waals surface area contributed by atoms with Crippen molar-refractivity contribution in [2.45, 2.75) is 0 Å². The highest BCUT2D eigenvalue weighted by Crippen LogP contribution is 2.10. The van der Waals surface area contributed by atoms with Gasteiger partial charge in [0.2, 0.25) is 0 Å². The molecule has 0 radical (unpaired) electrons. The third kappa shape index (κ3) is 2.08. The Hall–Kier alpha value is -0.470. The van der Waals surface area contributed by atoms with E-state index in [4.69, 9.17) is 23.2 Å². The van der Waals surface area contributed by atoms with Crippen molar-refractivity contribution in [2.75, 3.05) is 0 Å². The van der Waals surface area contributed by atoms with E-state index in [-0.39, 0.29) is 4.49 Å². The van der Waals surface area contributed by atoms with E-state index in [0.717, 1.165) is 5.69 Å². The third-order valence-corrected chi connectivity index (χ3v) is 1.01. The molecule has 4 heteroatoms. The molecule has 0 aliphatic carbocycles. The van der Waals surface area contributed by atoms with E-state index in [1.165, 1.54) is 0 Å². The summed E-state index contributed by atoms with van der Waals surface area (Å²) in [6.07, 6.45) is 3.21. The van der Waals surface area contributed by atoms with Gasteiger partial charge in [-0.25, -0.2) is 0 Å². The van der Waals surface area contributed by atoms with Gasteiger partial charge in [-0.15, -0.1) is 0 Å². The second-order valence-corrected chi connectivity index (χ2v) is 2.45. The van der Waals surface area contributed by atoms with Gasteiger partial charge in [0.1, 0.15) is 4.49 Å². The average Bonchev–Trinajstić information content (AvgIpc) is 2.15. The molecule has 0 spiro atoms. The molecule has 2 nitrogen and oxygen atoms in total. The maximum Gasteiger partial charge on any atom is 0.108 e. The van der Waals surface area contributed by atoms with Gasteiger partial charge in [0, 0.05) is 6.20 Å². The van der Waals surface area contributed by atoms with Gasteiger partial charge in [0.15, 0.2) is 0 Å². The van der Waals surface area contributed by atoms with Crippen molar-refractivity contribution in [1.82, 2.24) is 10.2 Å². The SMILES string of the molecule is ClC(Cl)=Cc1ccn[nH]1. The highest BCUT2D eigenvalue weighted by molar-refractivity contribution is 6.57. The van der Waals surface area contributed by atoms with Crippen molar-refractivity contribution in [3.63, 3.8) is 0 Å². The number of nitrogens with one attached hydrogen (secondary N) is 1. The zero-order chi connectivity index (χ0) is 6.69. The van der Waals surface area contributed by atoms with Crippen LogP contribution in [0, 0.1) is 0 Å². The van der Waals surface area contributed by atoms with Gasteiger partial charge < -0.3 is 0 Å². The zero-order valence-electron chi connectivity index (χ0n) is 4.44. The standard InChI is InChI=1S/C5H4Cl2N2/c6-5(7)3-4-1-2-8-9-4/h1-3H,(H,8,9). The molecule has 9 heavy (non-hydrogen) atoms. The smallest absolute Gasteiger partial charge is 0.108 e. The Bertz CT molecular complexity index is 199. The fourth-order valence-electron chi connectivity index (χ4n) is 0.465. The minimum Gasteiger partial charge on any atom is -0.278 e. The van der Waals surface area contributed by atoms with E-state index in [1.54, 1.807) is 18.3 Å². The van der Waals surface area contributed by atoms with Gasteiger partial charge in [-0.05, 0) is 12.1 Å². The Morgan fingerprint density at radius 2 is 2.44 bits per heavy atom. The molecule has 1 aromatic rings. The van der Waals surface area contributed by atoms with Crippen LogP contribution in [-0.2, 0) is 0 Å². The van der Waals surface area contributed by atoms with Crippen LogP contribution < -0.4 is 0 Å². The molecule has 0 fully saturated rings. The normalized spacial score (nSPS) is 9.11. The molecule has 0 unspecified atom stereocenters. The van der Waals surface area contributed by atoms with Crippen LogP contribution in [0.15, 0.2) is 16.8 Å². The molecule has 0 aliphatic rings. The first-order chi connectivity index (χ1) is 4.29. The maximum absolute atomic E-state index is 5.35. The molecule has 1 N–H and O–H groups in total. The molecule has 0 saturated heterocycles. The highest BCUT2D eigenvalue weighted by atomic mass is 35.5. The zero-order valence-corrected chi connectivity index (χ0v) is 5.95. The quantitative estimate of drug-likeness (QED) is 0.675. The molecule has 1 aromatic heterocycles. The van der Waals surface area contributed by atoms with Crippen LogP contribution in [0.4, 0.5) is 0 Å². The molecule has 0 amide bonds. The minimum absolute atomic E-state index is 0.222. The van der Waals surface area contributed by atoms with Gasteiger partial charge >= 0.3 is 0 Å². The largest absolute Gasteiger partial charge is 0.278 e.